The van der Waals surface area contributed by atoms with Crippen molar-refractivity contribution in [2.75, 3.05) is 26.7 Å². The van der Waals surface area contributed by atoms with Gasteiger partial charge in [0.05, 0.1) is 19.6 Å². The zero-order valence-corrected chi connectivity index (χ0v) is 12.6. The van der Waals surface area contributed by atoms with Gasteiger partial charge in [0.25, 0.3) is 0 Å². The fourth-order valence-corrected chi connectivity index (χ4v) is 3.22. The first-order chi connectivity index (χ1) is 9.58. The number of nitrogens with one attached hydrogen (secondary N) is 1. The van der Waals surface area contributed by atoms with E-state index in [2.05, 4.69) is 12.2 Å². The summed E-state index contributed by atoms with van der Waals surface area (Å²) in [5.74, 6) is 0.662. The minimum Gasteiger partial charge on any atom is -0.469 e. The Hall–Kier alpha value is -1.10. The monoisotopic (exact) mass is 282 g/mol. The Morgan fingerprint density at radius 1 is 1.20 bits per heavy atom. The summed E-state index contributed by atoms with van der Waals surface area (Å²) in [4.78, 5) is 25.5. The smallest absolute Gasteiger partial charge is 0.310 e. The zero-order valence-electron chi connectivity index (χ0n) is 12.6. The van der Waals surface area contributed by atoms with Crippen LogP contribution in [0.25, 0.3) is 0 Å². The van der Waals surface area contributed by atoms with Crippen LogP contribution in [-0.4, -0.2) is 49.6 Å². The lowest BCUT2D eigenvalue weighted by atomic mass is 9.87. The Balaban J connectivity index is 1.69. The van der Waals surface area contributed by atoms with Crippen LogP contribution in [0.4, 0.5) is 0 Å². The van der Waals surface area contributed by atoms with Gasteiger partial charge in [-0.3, -0.25) is 14.5 Å². The van der Waals surface area contributed by atoms with Gasteiger partial charge >= 0.3 is 5.97 Å². The molecular weight excluding hydrogens is 256 g/mol. The molecule has 1 heterocycles. The Morgan fingerprint density at radius 2 is 1.90 bits per heavy atom. The summed E-state index contributed by atoms with van der Waals surface area (Å²) in [6.45, 7) is 4.12. The molecule has 1 N–H and O–H groups in total. The molecule has 0 bridgehead atoms. The molecule has 20 heavy (non-hydrogen) atoms. The molecule has 0 radical (unpaired) electrons. The van der Waals surface area contributed by atoms with Gasteiger partial charge in [-0.1, -0.05) is 6.92 Å². The van der Waals surface area contributed by atoms with Gasteiger partial charge in [-0.15, -0.1) is 0 Å². The first-order valence-electron chi connectivity index (χ1n) is 7.68. The number of ether oxygens (including phenoxy) is 1. The molecular formula is C15H26N2O3. The first-order valence-corrected chi connectivity index (χ1v) is 7.68. The van der Waals surface area contributed by atoms with E-state index in [4.69, 9.17) is 4.74 Å². The van der Waals surface area contributed by atoms with E-state index in [1.54, 1.807) is 0 Å². The average molecular weight is 282 g/mol. The Morgan fingerprint density at radius 3 is 2.55 bits per heavy atom. The van der Waals surface area contributed by atoms with Gasteiger partial charge in [0.2, 0.25) is 5.91 Å². The minimum atomic E-state index is -0.158. The van der Waals surface area contributed by atoms with Gasteiger partial charge in [-0.2, -0.15) is 0 Å². The lowest BCUT2D eigenvalue weighted by Crippen LogP contribution is -2.43. The molecule has 2 rings (SSSR count). The van der Waals surface area contributed by atoms with Crippen molar-refractivity contribution in [1.29, 1.82) is 0 Å². The van der Waals surface area contributed by atoms with Crippen LogP contribution >= 0.6 is 0 Å². The van der Waals surface area contributed by atoms with E-state index in [0.717, 1.165) is 31.7 Å². The molecule has 114 valence electrons. The molecule has 1 amide bonds. The van der Waals surface area contributed by atoms with E-state index in [9.17, 15) is 9.59 Å². The van der Waals surface area contributed by atoms with Crippen LogP contribution in [0, 0.1) is 11.8 Å². The largest absolute Gasteiger partial charge is 0.469 e. The van der Waals surface area contributed by atoms with Crippen molar-refractivity contribution in [3.63, 3.8) is 0 Å². The van der Waals surface area contributed by atoms with E-state index in [1.807, 2.05) is 4.90 Å². The summed E-state index contributed by atoms with van der Waals surface area (Å²) in [6, 6.07) is 0.345. The predicted octanol–water partition coefficient (Wildman–Crippen LogP) is 1.18. The summed E-state index contributed by atoms with van der Waals surface area (Å²) in [6.07, 6.45) is 5.40. The number of carbonyl (C=O) groups is 2. The van der Waals surface area contributed by atoms with Crippen LogP contribution in [0.2, 0.25) is 0 Å². The van der Waals surface area contributed by atoms with Crippen LogP contribution in [0.3, 0.4) is 0 Å². The Labute approximate surface area is 121 Å². The van der Waals surface area contributed by atoms with Crippen LogP contribution in [-0.2, 0) is 14.3 Å². The second-order valence-corrected chi connectivity index (χ2v) is 6.27. The number of likely N-dealkylation sites (tertiary alicyclic amines) is 1. The van der Waals surface area contributed by atoms with Gasteiger partial charge in [0.1, 0.15) is 0 Å². The molecule has 1 unspecified atom stereocenters. The first kappa shape index (κ1) is 15.3. The normalized spacial score (nSPS) is 31.0. The van der Waals surface area contributed by atoms with Crippen LogP contribution in [0.1, 0.15) is 39.0 Å². The number of hydrogen-bond acceptors (Lipinski definition) is 4. The fourth-order valence-electron chi connectivity index (χ4n) is 3.22. The standard InChI is InChI=1S/C15H26N2O3/c1-11-3-5-13(6-4-11)16-14(18)10-17-8-7-12(9-17)15(19)20-2/h11-13H,3-10H2,1-2H3,(H,16,18). The van der Waals surface area contributed by atoms with Crippen molar-refractivity contribution in [2.45, 2.75) is 45.1 Å². The average Bonchev–Trinajstić information content (AvgIpc) is 2.89. The van der Waals surface area contributed by atoms with E-state index >= 15 is 0 Å². The molecule has 0 aromatic heterocycles. The Bertz CT molecular complexity index is 351. The molecule has 1 aliphatic carbocycles. The molecule has 1 atom stereocenters. The third kappa shape index (κ3) is 4.20. The van der Waals surface area contributed by atoms with Gasteiger partial charge < -0.3 is 10.1 Å². The number of amides is 1. The van der Waals surface area contributed by atoms with E-state index in [-0.39, 0.29) is 17.8 Å². The van der Waals surface area contributed by atoms with Crippen LogP contribution in [0.5, 0.6) is 0 Å². The lowest BCUT2D eigenvalue weighted by molar-refractivity contribution is -0.145. The van der Waals surface area contributed by atoms with Gasteiger partial charge in [0, 0.05) is 12.6 Å². The molecule has 0 spiro atoms. The molecule has 2 fully saturated rings. The third-order valence-corrected chi connectivity index (χ3v) is 4.56. The maximum atomic E-state index is 12.0. The number of esters is 1. The molecule has 0 aromatic rings. The molecule has 5 heteroatoms. The number of carbonyl (C=O) groups excluding carboxylic acids is 2. The molecule has 0 aromatic carbocycles. The highest BCUT2D eigenvalue weighted by Gasteiger charge is 2.30. The summed E-state index contributed by atoms with van der Waals surface area (Å²) in [7, 11) is 1.42. The fraction of sp³-hybridized carbons (Fsp3) is 0.867. The SMILES string of the molecule is COC(=O)C1CCN(CC(=O)NC2CCC(C)CC2)C1. The highest BCUT2D eigenvalue weighted by molar-refractivity contribution is 5.78. The van der Waals surface area contributed by atoms with E-state index < -0.39 is 0 Å². The maximum Gasteiger partial charge on any atom is 0.310 e. The second-order valence-electron chi connectivity index (χ2n) is 6.27. The Kier molecular flexibility index (Phi) is 5.40. The van der Waals surface area contributed by atoms with Crippen molar-refractivity contribution in [1.82, 2.24) is 10.2 Å². The van der Waals surface area contributed by atoms with Gasteiger partial charge in [-0.25, -0.2) is 0 Å². The summed E-state index contributed by atoms with van der Waals surface area (Å²) in [5.41, 5.74) is 0. The highest BCUT2D eigenvalue weighted by atomic mass is 16.5. The van der Waals surface area contributed by atoms with Gasteiger partial charge in [0.15, 0.2) is 0 Å². The maximum absolute atomic E-state index is 12.0. The molecule has 1 aliphatic heterocycles. The molecule has 1 saturated heterocycles. The van der Waals surface area contributed by atoms with Crippen molar-refractivity contribution in [3.05, 3.63) is 0 Å². The van der Waals surface area contributed by atoms with Crippen LogP contribution < -0.4 is 5.32 Å². The van der Waals surface area contributed by atoms with Crippen LogP contribution in [0.15, 0.2) is 0 Å². The number of rotatable bonds is 4. The van der Waals surface area contributed by atoms with Crippen molar-refractivity contribution in [2.24, 2.45) is 11.8 Å². The molecule has 5 nitrogen and oxygen atoms in total. The number of nitrogens with zero attached hydrogens (tertiary/aromatic N) is 1. The quantitative estimate of drug-likeness (QED) is 0.787. The summed E-state index contributed by atoms with van der Waals surface area (Å²) < 4.78 is 4.75. The molecule has 1 saturated carbocycles. The summed E-state index contributed by atoms with van der Waals surface area (Å²) in [5, 5.41) is 3.13. The second kappa shape index (κ2) is 7.07. The highest BCUT2D eigenvalue weighted by Crippen LogP contribution is 2.23. The predicted molar refractivity (Wildman–Crippen MR) is 76.1 cm³/mol. The molecule has 2 aliphatic rings. The van der Waals surface area contributed by atoms with Crippen molar-refractivity contribution < 1.29 is 14.3 Å². The van der Waals surface area contributed by atoms with Crippen molar-refractivity contribution in [3.8, 4) is 0 Å². The minimum absolute atomic E-state index is 0.0664. The van der Waals surface area contributed by atoms with E-state index in [0.29, 0.717) is 19.1 Å². The third-order valence-electron chi connectivity index (χ3n) is 4.56. The van der Waals surface area contributed by atoms with Gasteiger partial charge in [-0.05, 0) is 44.6 Å². The lowest BCUT2D eigenvalue weighted by Gasteiger charge is -2.27. The summed E-state index contributed by atoms with van der Waals surface area (Å²) >= 11 is 0. The van der Waals surface area contributed by atoms with E-state index in [1.165, 1.54) is 20.0 Å². The zero-order chi connectivity index (χ0) is 14.5. The topological polar surface area (TPSA) is 58.6 Å². The number of methoxy groups -OCH3 is 1. The number of hydrogen-bond donors (Lipinski definition) is 1. The van der Waals surface area contributed by atoms with Crippen molar-refractivity contribution >= 4 is 11.9 Å².